The van der Waals surface area contributed by atoms with Gasteiger partial charge in [-0.2, -0.15) is 0 Å². The number of aliphatic hydroxyl groups is 1. The van der Waals surface area contributed by atoms with Crippen LogP contribution in [-0.4, -0.2) is 43.4 Å². The van der Waals surface area contributed by atoms with Crippen molar-refractivity contribution >= 4 is 0 Å². The Morgan fingerprint density at radius 1 is 1.33 bits per heavy atom. The van der Waals surface area contributed by atoms with Crippen LogP contribution >= 0.6 is 0 Å². The van der Waals surface area contributed by atoms with Gasteiger partial charge in [-0.05, 0) is 57.5 Å². The minimum atomic E-state index is -0.496. The molecule has 1 heterocycles. The maximum atomic E-state index is 9.61. The molecule has 4 nitrogen and oxygen atoms in total. The van der Waals surface area contributed by atoms with Crippen molar-refractivity contribution in [3.05, 3.63) is 23.8 Å². The number of nitrogens with zero attached hydrogens (tertiary/aromatic N) is 1. The van der Waals surface area contributed by atoms with Crippen LogP contribution in [0.5, 0.6) is 11.5 Å². The number of hydrogen-bond donors (Lipinski definition) is 1. The SMILES string of the molecule is COc1cc(C(C)O)ccc1OCCC1CCCCN1C. The Hall–Kier alpha value is -1.26. The molecule has 2 atom stereocenters. The van der Waals surface area contributed by atoms with Gasteiger partial charge < -0.3 is 19.5 Å². The lowest BCUT2D eigenvalue weighted by molar-refractivity contribution is 0.151. The monoisotopic (exact) mass is 293 g/mol. The van der Waals surface area contributed by atoms with Crippen LogP contribution in [0.4, 0.5) is 0 Å². The molecule has 1 aliphatic heterocycles. The first-order valence-corrected chi connectivity index (χ1v) is 7.81. The minimum Gasteiger partial charge on any atom is -0.493 e. The highest BCUT2D eigenvalue weighted by Gasteiger charge is 2.18. The summed E-state index contributed by atoms with van der Waals surface area (Å²) in [5.41, 5.74) is 0.839. The summed E-state index contributed by atoms with van der Waals surface area (Å²) >= 11 is 0. The summed E-state index contributed by atoms with van der Waals surface area (Å²) in [6.07, 6.45) is 4.43. The van der Waals surface area contributed by atoms with E-state index in [0.717, 1.165) is 17.7 Å². The summed E-state index contributed by atoms with van der Waals surface area (Å²) in [5.74, 6) is 1.44. The van der Waals surface area contributed by atoms with Crippen LogP contribution in [0.25, 0.3) is 0 Å². The molecular formula is C17H27NO3. The number of aliphatic hydroxyl groups excluding tert-OH is 1. The smallest absolute Gasteiger partial charge is 0.161 e. The Bertz CT molecular complexity index is 448. The zero-order valence-electron chi connectivity index (χ0n) is 13.3. The van der Waals surface area contributed by atoms with Crippen molar-refractivity contribution in [3.63, 3.8) is 0 Å². The van der Waals surface area contributed by atoms with Gasteiger partial charge in [0.2, 0.25) is 0 Å². The Morgan fingerprint density at radius 2 is 2.14 bits per heavy atom. The van der Waals surface area contributed by atoms with Gasteiger partial charge in [0.1, 0.15) is 0 Å². The predicted octanol–water partition coefficient (Wildman–Crippen LogP) is 3.00. The second-order valence-electron chi connectivity index (χ2n) is 5.85. The van der Waals surface area contributed by atoms with Crippen LogP contribution in [0.1, 0.15) is 44.3 Å². The topological polar surface area (TPSA) is 41.9 Å². The van der Waals surface area contributed by atoms with E-state index in [9.17, 15) is 5.11 Å². The molecular weight excluding hydrogens is 266 g/mol. The molecule has 1 fully saturated rings. The van der Waals surface area contributed by atoms with Gasteiger partial charge in [-0.3, -0.25) is 0 Å². The molecule has 2 unspecified atom stereocenters. The van der Waals surface area contributed by atoms with Gasteiger partial charge in [-0.1, -0.05) is 12.5 Å². The first kappa shape index (κ1) is 16.1. The quantitative estimate of drug-likeness (QED) is 0.875. The molecule has 1 aliphatic rings. The highest BCUT2D eigenvalue weighted by Crippen LogP contribution is 2.30. The number of ether oxygens (including phenoxy) is 2. The molecule has 0 spiro atoms. The zero-order valence-corrected chi connectivity index (χ0v) is 13.3. The average Bonchev–Trinajstić information content (AvgIpc) is 2.49. The molecule has 1 aromatic rings. The Kier molecular flexibility index (Phi) is 5.88. The fraction of sp³-hybridized carbons (Fsp3) is 0.647. The number of piperidine rings is 1. The highest BCUT2D eigenvalue weighted by molar-refractivity contribution is 5.43. The van der Waals surface area contributed by atoms with Crippen molar-refractivity contribution in [2.24, 2.45) is 0 Å². The summed E-state index contributed by atoms with van der Waals surface area (Å²) in [5, 5.41) is 9.61. The number of likely N-dealkylation sites (tertiary alicyclic amines) is 1. The lowest BCUT2D eigenvalue weighted by atomic mass is 10.0. The normalized spacial score (nSPS) is 21.0. The van der Waals surface area contributed by atoms with E-state index in [1.165, 1.54) is 25.8 Å². The summed E-state index contributed by atoms with van der Waals surface area (Å²) in [6.45, 7) is 3.63. The molecule has 0 bridgehead atoms. The van der Waals surface area contributed by atoms with Crippen LogP contribution < -0.4 is 9.47 Å². The standard InChI is InChI=1S/C17H27NO3/c1-13(19)14-7-8-16(17(12-14)20-3)21-11-9-15-6-4-5-10-18(15)2/h7-8,12-13,15,19H,4-6,9-11H2,1-3H3. The fourth-order valence-corrected chi connectivity index (χ4v) is 2.88. The Morgan fingerprint density at radius 3 is 2.81 bits per heavy atom. The molecule has 4 heteroatoms. The third kappa shape index (κ3) is 4.35. The lowest BCUT2D eigenvalue weighted by Crippen LogP contribution is -2.37. The molecule has 21 heavy (non-hydrogen) atoms. The van der Waals surface area contributed by atoms with Gasteiger partial charge in [0, 0.05) is 6.04 Å². The maximum Gasteiger partial charge on any atom is 0.161 e. The second kappa shape index (κ2) is 7.66. The van der Waals surface area contributed by atoms with Crippen molar-refractivity contribution in [2.75, 3.05) is 27.3 Å². The zero-order chi connectivity index (χ0) is 15.2. The highest BCUT2D eigenvalue weighted by atomic mass is 16.5. The van der Waals surface area contributed by atoms with Crippen molar-refractivity contribution in [1.82, 2.24) is 4.90 Å². The van der Waals surface area contributed by atoms with E-state index in [4.69, 9.17) is 9.47 Å². The van der Waals surface area contributed by atoms with Crippen molar-refractivity contribution in [1.29, 1.82) is 0 Å². The van der Waals surface area contributed by atoms with E-state index in [1.54, 1.807) is 14.0 Å². The van der Waals surface area contributed by atoms with Gasteiger partial charge in [0.05, 0.1) is 19.8 Å². The Labute approximate surface area is 127 Å². The third-order valence-electron chi connectivity index (χ3n) is 4.30. The number of benzene rings is 1. The fourth-order valence-electron chi connectivity index (χ4n) is 2.88. The summed E-state index contributed by atoms with van der Waals surface area (Å²) in [7, 11) is 3.82. The van der Waals surface area contributed by atoms with Gasteiger partial charge in [0.25, 0.3) is 0 Å². The largest absolute Gasteiger partial charge is 0.493 e. The maximum absolute atomic E-state index is 9.61. The van der Waals surface area contributed by atoms with E-state index >= 15 is 0 Å². The average molecular weight is 293 g/mol. The molecule has 0 saturated carbocycles. The molecule has 0 aromatic heterocycles. The number of rotatable bonds is 6. The molecule has 118 valence electrons. The number of methoxy groups -OCH3 is 1. The van der Waals surface area contributed by atoms with E-state index in [-0.39, 0.29) is 0 Å². The van der Waals surface area contributed by atoms with Crippen molar-refractivity contribution in [3.8, 4) is 11.5 Å². The van der Waals surface area contributed by atoms with Crippen LogP contribution in [0, 0.1) is 0 Å². The first-order chi connectivity index (χ1) is 10.1. The van der Waals surface area contributed by atoms with E-state index < -0.39 is 6.10 Å². The minimum absolute atomic E-state index is 0.496. The third-order valence-corrected chi connectivity index (χ3v) is 4.30. The predicted molar refractivity (Wildman–Crippen MR) is 84.0 cm³/mol. The molecule has 1 saturated heterocycles. The van der Waals surface area contributed by atoms with Gasteiger partial charge in [0.15, 0.2) is 11.5 Å². The number of hydrogen-bond acceptors (Lipinski definition) is 4. The molecule has 2 rings (SSSR count). The van der Waals surface area contributed by atoms with Crippen LogP contribution in [-0.2, 0) is 0 Å². The van der Waals surface area contributed by atoms with E-state index in [1.807, 2.05) is 18.2 Å². The molecule has 1 aromatic carbocycles. The molecule has 1 N–H and O–H groups in total. The summed E-state index contributed by atoms with van der Waals surface area (Å²) < 4.78 is 11.2. The van der Waals surface area contributed by atoms with E-state index in [2.05, 4.69) is 11.9 Å². The summed E-state index contributed by atoms with van der Waals surface area (Å²) in [6, 6.07) is 6.23. The molecule has 0 aliphatic carbocycles. The van der Waals surface area contributed by atoms with Gasteiger partial charge in [-0.15, -0.1) is 0 Å². The molecule has 0 amide bonds. The lowest BCUT2D eigenvalue weighted by Gasteiger charge is -2.32. The van der Waals surface area contributed by atoms with Crippen LogP contribution in [0.2, 0.25) is 0 Å². The van der Waals surface area contributed by atoms with Crippen LogP contribution in [0.15, 0.2) is 18.2 Å². The van der Waals surface area contributed by atoms with Gasteiger partial charge in [-0.25, -0.2) is 0 Å². The van der Waals surface area contributed by atoms with Crippen LogP contribution in [0.3, 0.4) is 0 Å². The second-order valence-corrected chi connectivity index (χ2v) is 5.85. The van der Waals surface area contributed by atoms with Crippen molar-refractivity contribution in [2.45, 2.75) is 44.8 Å². The van der Waals surface area contributed by atoms with Crippen molar-refractivity contribution < 1.29 is 14.6 Å². The van der Waals surface area contributed by atoms with Gasteiger partial charge >= 0.3 is 0 Å². The van der Waals surface area contributed by atoms with E-state index in [0.29, 0.717) is 18.4 Å². The molecule has 0 radical (unpaired) electrons. The first-order valence-electron chi connectivity index (χ1n) is 7.81. The summed E-state index contributed by atoms with van der Waals surface area (Å²) in [4.78, 5) is 2.43. The Balaban J connectivity index is 1.90.